The number of carbonyl (C=O) groups is 2. The molecule has 23 heavy (non-hydrogen) atoms. The van der Waals surface area contributed by atoms with E-state index in [-0.39, 0.29) is 29.9 Å². The molecule has 1 aromatic rings. The normalized spacial score (nSPS) is 25.6. The van der Waals surface area contributed by atoms with Crippen molar-refractivity contribution in [1.82, 2.24) is 20.1 Å². The van der Waals surface area contributed by atoms with Gasteiger partial charge in [0.05, 0.1) is 18.3 Å². The summed E-state index contributed by atoms with van der Waals surface area (Å²) in [6.45, 7) is 0. The van der Waals surface area contributed by atoms with Crippen LogP contribution in [0.5, 0.6) is 0 Å². The second-order valence-corrected chi connectivity index (χ2v) is 6.25. The van der Waals surface area contributed by atoms with Crippen LogP contribution in [-0.4, -0.2) is 50.6 Å². The van der Waals surface area contributed by atoms with Crippen LogP contribution in [0, 0.1) is 5.92 Å². The minimum Gasteiger partial charge on any atom is -0.393 e. The van der Waals surface area contributed by atoms with E-state index in [0.717, 1.165) is 5.56 Å². The number of nitrogens with zero attached hydrogens (tertiary/aromatic N) is 4. The van der Waals surface area contributed by atoms with Gasteiger partial charge in [0.15, 0.2) is 0 Å². The Morgan fingerprint density at radius 1 is 1.39 bits per heavy atom. The quantitative estimate of drug-likeness (QED) is 0.813. The van der Waals surface area contributed by atoms with Crippen LogP contribution < -0.4 is 5.32 Å². The SMILES string of the molecule is CN1N=C(C(=O)N[C@H](c2cnn(C)c2)C2CC(O)C2)CCC1=O. The lowest BCUT2D eigenvalue weighted by Gasteiger charge is -2.37. The van der Waals surface area contributed by atoms with Gasteiger partial charge in [-0.3, -0.25) is 14.3 Å². The molecule has 0 saturated heterocycles. The van der Waals surface area contributed by atoms with Crippen molar-refractivity contribution in [2.75, 3.05) is 7.05 Å². The standard InChI is InChI=1S/C15H21N5O3/c1-19-8-10(7-16-19)14(9-5-11(21)6-9)17-15(23)12-3-4-13(22)20(2)18-12/h7-9,11,14,21H,3-6H2,1-2H3,(H,17,23)/t9?,11?,14-/m0/s1. The van der Waals surface area contributed by atoms with Crippen LogP contribution in [0.1, 0.15) is 37.3 Å². The van der Waals surface area contributed by atoms with Gasteiger partial charge < -0.3 is 10.4 Å². The minimum atomic E-state index is -0.299. The zero-order valence-corrected chi connectivity index (χ0v) is 13.3. The molecule has 1 aliphatic carbocycles. The van der Waals surface area contributed by atoms with E-state index in [9.17, 15) is 14.7 Å². The molecule has 2 heterocycles. The lowest BCUT2D eigenvalue weighted by Crippen LogP contribution is -2.44. The molecule has 0 bridgehead atoms. The summed E-state index contributed by atoms with van der Waals surface area (Å²) in [6, 6.07) is -0.203. The van der Waals surface area contributed by atoms with Crippen molar-refractivity contribution < 1.29 is 14.7 Å². The molecular weight excluding hydrogens is 298 g/mol. The first-order chi connectivity index (χ1) is 10.9. The van der Waals surface area contributed by atoms with Crippen LogP contribution in [0.25, 0.3) is 0 Å². The molecule has 1 atom stereocenters. The Morgan fingerprint density at radius 3 is 2.70 bits per heavy atom. The van der Waals surface area contributed by atoms with Gasteiger partial charge in [-0.15, -0.1) is 0 Å². The number of aryl methyl sites for hydroxylation is 1. The van der Waals surface area contributed by atoms with E-state index in [4.69, 9.17) is 0 Å². The van der Waals surface area contributed by atoms with Gasteiger partial charge in [-0.1, -0.05) is 0 Å². The summed E-state index contributed by atoms with van der Waals surface area (Å²) in [7, 11) is 3.37. The second-order valence-electron chi connectivity index (χ2n) is 6.25. The fraction of sp³-hybridized carbons (Fsp3) is 0.600. The summed E-state index contributed by atoms with van der Waals surface area (Å²) in [6.07, 6.45) is 5.26. The van der Waals surface area contributed by atoms with Crippen LogP contribution in [-0.2, 0) is 16.6 Å². The highest BCUT2D eigenvalue weighted by Gasteiger charge is 2.37. The van der Waals surface area contributed by atoms with E-state index < -0.39 is 0 Å². The summed E-state index contributed by atoms with van der Waals surface area (Å²) in [4.78, 5) is 24.0. The van der Waals surface area contributed by atoms with Crippen molar-refractivity contribution in [3.63, 3.8) is 0 Å². The Bertz CT molecular complexity index is 647. The number of aromatic nitrogens is 2. The van der Waals surface area contributed by atoms with E-state index in [1.807, 2.05) is 13.2 Å². The van der Waals surface area contributed by atoms with Crippen molar-refractivity contribution >= 4 is 17.5 Å². The Labute approximate surface area is 134 Å². The van der Waals surface area contributed by atoms with Crippen LogP contribution >= 0.6 is 0 Å². The molecule has 0 spiro atoms. The lowest BCUT2D eigenvalue weighted by atomic mass is 9.75. The third kappa shape index (κ3) is 3.26. The average Bonchev–Trinajstić information content (AvgIpc) is 2.91. The highest BCUT2D eigenvalue weighted by molar-refractivity contribution is 6.39. The molecule has 1 aliphatic heterocycles. The smallest absolute Gasteiger partial charge is 0.267 e. The molecule has 8 nitrogen and oxygen atoms in total. The van der Waals surface area contributed by atoms with Gasteiger partial charge in [0.25, 0.3) is 5.91 Å². The van der Waals surface area contributed by atoms with E-state index in [1.54, 1.807) is 17.9 Å². The molecule has 2 N–H and O–H groups in total. The van der Waals surface area contributed by atoms with E-state index >= 15 is 0 Å². The monoisotopic (exact) mass is 319 g/mol. The molecule has 3 rings (SSSR count). The third-order valence-corrected chi connectivity index (χ3v) is 4.46. The molecule has 1 fully saturated rings. The maximum Gasteiger partial charge on any atom is 0.267 e. The van der Waals surface area contributed by atoms with Gasteiger partial charge >= 0.3 is 0 Å². The number of hydrogen-bond donors (Lipinski definition) is 2. The number of nitrogens with one attached hydrogen (secondary N) is 1. The molecular formula is C15H21N5O3. The maximum atomic E-state index is 12.5. The Kier molecular flexibility index (Phi) is 4.16. The highest BCUT2D eigenvalue weighted by Crippen LogP contribution is 2.38. The highest BCUT2D eigenvalue weighted by atomic mass is 16.3. The lowest BCUT2D eigenvalue weighted by molar-refractivity contribution is -0.130. The van der Waals surface area contributed by atoms with Crippen LogP contribution in [0.3, 0.4) is 0 Å². The number of hydrogen-bond acceptors (Lipinski definition) is 5. The van der Waals surface area contributed by atoms with Crippen LogP contribution in [0.4, 0.5) is 0 Å². The zero-order chi connectivity index (χ0) is 16.6. The van der Waals surface area contributed by atoms with Crippen LogP contribution in [0.15, 0.2) is 17.5 Å². The third-order valence-electron chi connectivity index (χ3n) is 4.46. The Balaban J connectivity index is 1.74. The molecule has 124 valence electrons. The molecule has 1 saturated carbocycles. The second kappa shape index (κ2) is 6.11. The number of aliphatic hydroxyl groups excluding tert-OH is 1. The van der Waals surface area contributed by atoms with Gasteiger partial charge in [-0.05, 0) is 18.8 Å². The maximum absolute atomic E-state index is 12.5. The van der Waals surface area contributed by atoms with Gasteiger partial charge in [0.2, 0.25) is 5.91 Å². The van der Waals surface area contributed by atoms with Crippen molar-refractivity contribution in [1.29, 1.82) is 0 Å². The van der Waals surface area contributed by atoms with Gasteiger partial charge in [-0.25, -0.2) is 5.01 Å². The van der Waals surface area contributed by atoms with Crippen molar-refractivity contribution in [3.8, 4) is 0 Å². The van der Waals surface area contributed by atoms with Gasteiger partial charge in [-0.2, -0.15) is 10.2 Å². The van der Waals surface area contributed by atoms with E-state index in [0.29, 0.717) is 31.4 Å². The molecule has 0 aromatic carbocycles. The molecule has 0 unspecified atom stereocenters. The van der Waals surface area contributed by atoms with Gasteiger partial charge in [0.1, 0.15) is 5.71 Å². The number of rotatable bonds is 4. The predicted molar refractivity (Wildman–Crippen MR) is 82.3 cm³/mol. The largest absolute Gasteiger partial charge is 0.393 e. The summed E-state index contributed by atoms with van der Waals surface area (Å²) in [5, 5.41) is 22.0. The number of amides is 2. The first kappa shape index (κ1) is 15.7. The molecule has 0 radical (unpaired) electrons. The Morgan fingerprint density at radius 2 is 2.13 bits per heavy atom. The first-order valence-corrected chi connectivity index (χ1v) is 7.75. The number of aliphatic hydroxyl groups is 1. The van der Waals surface area contributed by atoms with Crippen molar-refractivity contribution in [3.05, 3.63) is 18.0 Å². The topological polar surface area (TPSA) is 99.8 Å². The summed E-state index contributed by atoms with van der Waals surface area (Å²) < 4.78 is 1.69. The van der Waals surface area contributed by atoms with Gasteiger partial charge in [0, 0.05) is 38.7 Å². The summed E-state index contributed by atoms with van der Waals surface area (Å²) in [5.41, 5.74) is 1.28. The summed E-state index contributed by atoms with van der Waals surface area (Å²) in [5.74, 6) is -0.172. The predicted octanol–water partition coefficient (Wildman–Crippen LogP) is -0.0435. The Hall–Kier alpha value is -2.22. The first-order valence-electron chi connectivity index (χ1n) is 7.75. The molecule has 2 aliphatic rings. The molecule has 1 aromatic heterocycles. The molecule has 2 amide bonds. The number of hydrazone groups is 1. The zero-order valence-electron chi connectivity index (χ0n) is 13.3. The van der Waals surface area contributed by atoms with Crippen LogP contribution in [0.2, 0.25) is 0 Å². The van der Waals surface area contributed by atoms with E-state index in [2.05, 4.69) is 15.5 Å². The fourth-order valence-electron chi connectivity index (χ4n) is 3.03. The summed E-state index contributed by atoms with van der Waals surface area (Å²) >= 11 is 0. The minimum absolute atomic E-state index is 0.0903. The molecule has 8 heteroatoms. The van der Waals surface area contributed by atoms with Crippen molar-refractivity contribution in [2.24, 2.45) is 18.1 Å². The van der Waals surface area contributed by atoms with E-state index in [1.165, 1.54) is 5.01 Å². The van der Waals surface area contributed by atoms with Crippen molar-refractivity contribution in [2.45, 2.75) is 37.8 Å². The number of carbonyl (C=O) groups excluding carboxylic acids is 2. The average molecular weight is 319 g/mol. The fourth-order valence-corrected chi connectivity index (χ4v) is 3.03.